The molecule has 1 nitrogen and oxygen atoms in total. The average molecular weight is 395 g/mol. The van der Waals surface area contributed by atoms with E-state index in [4.69, 9.17) is 11.6 Å². The molecule has 0 fully saturated rings. The van der Waals surface area contributed by atoms with E-state index < -0.39 is 0 Å². The summed E-state index contributed by atoms with van der Waals surface area (Å²) >= 11 is 6.13. The molecule has 0 unspecified atom stereocenters. The van der Waals surface area contributed by atoms with Crippen molar-refractivity contribution in [3.8, 4) is 5.75 Å². The van der Waals surface area contributed by atoms with Crippen molar-refractivity contribution in [1.82, 2.24) is 0 Å². The zero-order valence-corrected chi connectivity index (χ0v) is 18.5. The molecule has 0 saturated heterocycles. The van der Waals surface area contributed by atoms with Crippen LogP contribution in [0.3, 0.4) is 0 Å². The van der Waals surface area contributed by atoms with Gasteiger partial charge < -0.3 is 5.11 Å². The lowest BCUT2D eigenvalue weighted by Crippen LogP contribution is -1.77. The van der Waals surface area contributed by atoms with Gasteiger partial charge in [0.25, 0.3) is 0 Å². The van der Waals surface area contributed by atoms with Crippen LogP contribution in [-0.2, 0) is 0 Å². The van der Waals surface area contributed by atoms with Crippen LogP contribution in [0.25, 0.3) is 21.5 Å². The summed E-state index contributed by atoms with van der Waals surface area (Å²) in [6.45, 7) is 11.9. The van der Waals surface area contributed by atoms with Gasteiger partial charge in [0.05, 0.1) is 5.02 Å². The Balaban J connectivity index is 0.000000238. The molecule has 0 aliphatic rings. The smallest absolute Gasteiger partial charge is 0.119 e. The van der Waals surface area contributed by atoms with Crippen LogP contribution in [0.15, 0.2) is 72.8 Å². The Bertz CT molecular complexity index is 957. The topological polar surface area (TPSA) is 20.2 Å². The van der Waals surface area contributed by atoms with Gasteiger partial charge in [-0.15, -0.1) is 0 Å². The number of fused-ring (bicyclic) bond motifs is 2. The molecule has 4 aromatic carbocycles. The molecule has 4 aromatic rings. The summed E-state index contributed by atoms with van der Waals surface area (Å²) in [5, 5.41) is 14.9. The number of phenols is 1. The summed E-state index contributed by atoms with van der Waals surface area (Å²) in [6, 6.07) is 24.1. The third-order valence-electron chi connectivity index (χ3n) is 4.12. The lowest BCUT2D eigenvalue weighted by Gasteiger charge is -2.02. The van der Waals surface area contributed by atoms with Gasteiger partial charge in [0.2, 0.25) is 0 Å². The molecule has 0 bridgehead atoms. The monoisotopic (exact) mass is 394 g/mol. The maximum absolute atomic E-state index is 9.42. The molecule has 0 heterocycles. The summed E-state index contributed by atoms with van der Waals surface area (Å²) < 4.78 is 0. The normalized spacial score (nSPS) is 9.39. The molecule has 0 amide bonds. The molecule has 148 valence electrons. The van der Waals surface area contributed by atoms with Crippen molar-refractivity contribution in [2.75, 3.05) is 0 Å². The molecule has 0 atom stereocenters. The predicted molar refractivity (Wildman–Crippen MR) is 127 cm³/mol. The van der Waals surface area contributed by atoms with Crippen LogP contribution in [0, 0.1) is 13.8 Å². The Morgan fingerprint density at radius 3 is 1.71 bits per heavy atom. The van der Waals surface area contributed by atoms with Gasteiger partial charge in [-0.25, -0.2) is 0 Å². The van der Waals surface area contributed by atoms with E-state index in [9.17, 15) is 5.11 Å². The first kappa shape index (κ1) is 23.5. The quantitative estimate of drug-likeness (QED) is 0.316. The number of hydrogen-bond donors (Lipinski definition) is 1. The van der Waals surface area contributed by atoms with Gasteiger partial charge in [-0.3, -0.25) is 0 Å². The first-order valence-corrected chi connectivity index (χ1v) is 10.3. The molecular formula is C26H31ClO. The largest absolute Gasteiger partial charge is 0.508 e. The summed E-state index contributed by atoms with van der Waals surface area (Å²) in [7, 11) is 0. The maximum Gasteiger partial charge on any atom is 0.119 e. The second-order valence-corrected chi connectivity index (χ2v) is 6.28. The highest BCUT2D eigenvalue weighted by atomic mass is 35.5. The van der Waals surface area contributed by atoms with Gasteiger partial charge in [0.15, 0.2) is 0 Å². The highest BCUT2D eigenvalue weighted by Crippen LogP contribution is 2.26. The Kier molecular flexibility index (Phi) is 10.1. The van der Waals surface area contributed by atoms with Crippen molar-refractivity contribution in [2.45, 2.75) is 41.5 Å². The highest BCUT2D eigenvalue weighted by molar-refractivity contribution is 6.36. The van der Waals surface area contributed by atoms with Gasteiger partial charge >= 0.3 is 0 Å². The molecule has 0 aromatic heterocycles. The van der Waals surface area contributed by atoms with E-state index in [1.807, 2.05) is 96.1 Å². The zero-order chi connectivity index (χ0) is 21.1. The molecule has 1 N–H and O–H groups in total. The first-order valence-electron chi connectivity index (χ1n) is 9.88. The van der Waals surface area contributed by atoms with Crippen LogP contribution in [0.1, 0.15) is 38.8 Å². The van der Waals surface area contributed by atoms with E-state index >= 15 is 0 Å². The van der Waals surface area contributed by atoms with Crippen molar-refractivity contribution in [1.29, 1.82) is 0 Å². The summed E-state index contributed by atoms with van der Waals surface area (Å²) in [5.41, 5.74) is 2.06. The minimum absolute atomic E-state index is 0.369. The summed E-state index contributed by atoms with van der Waals surface area (Å²) in [4.78, 5) is 0. The molecule has 28 heavy (non-hydrogen) atoms. The van der Waals surface area contributed by atoms with E-state index in [1.165, 1.54) is 10.8 Å². The van der Waals surface area contributed by atoms with Crippen LogP contribution in [0.4, 0.5) is 0 Å². The SMILES string of the molecule is CC.CC.Cc1cc2ccccc2cc1O.Cc1ccc2ccccc2c1Cl. The fourth-order valence-corrected chi connectivity index (χ4v) is 2.92. The van der Waals surface area contributed by atoms with Crippen molar-refractivity contribution < 1.29 is 5.11 Å². The number of benzene rings is 4. The second kappa shape index (κ2) is 12.0. The first-order chi connectivity index (χ1) is 13.6. The highest BCUT2D eigenvalue weighted by Gasteiger charge is 1.99. The van der Waals surface area contributed by atoms with Gasteiger partial charge in [-0.2, -0.15) is 0 Å². The van der Waals surface area contributed by atoms with Crippen molar-refractivity contribution in [2.24, 2.45) is 0 Å². The maximum atomic E-state index is 9.42. The third kappa shape index (κ3) is 6.00. The van der Waals surface area contributed by atoms with Crippen LogP contribution < -0.4 is 0 Å². The predicted octanol–water partition coefficient (Wildman–Crippen LogP) is 8.71. The molecule has 0 saturated carbocycles. The average Bonchev–Trinajstić information content (AvgIpc) is 2.75. The minimum Gasteiger partial charge on any atom is -0.508 e. The molecule has 0 aliphatic heterocycles. The Labute approximate surface area is 174 Å². The third-order valence-corrected chi connectivity index (χ3v) is 4.62. The lowest BCUT2D eigenvalue weighted by molar-refractivity contribution is 0.472. The number of hydrogen-bond acceptors (Lipinski definition) is 1. The molecule has 2 heteroatoms. The minimum atomic E-state index is 0.369. The zero-order valence-electron chi connectivity index (χ0n) is 17.8. The second-order valence-electron chi connectivity index (χ2n) is 5.90. The fraction of sp³-hybridized carbons (Fsp3) is 0.231. The van der Waals surface area contributed by atoms with Crippen molar-refractivity contribution in [3.05, 3.63) is 88.9 Å². The van der Waals surface area contributed by atoms with Crippen LogP contribution in [-0.4, -0.2) is 5.11 Å². The Hall–Kier alpha value is -2.51. The molecular weight excluding hydrogens is 364 g/mol. The van der Waals surface area contributed by atoms with Crippen LogP contribution in [0.5, 0.6) is 5.75 Å². The number of aryl methyl sites for hydroxylation is 2. The van der Waals surface area contributed by atoms with Crippen molar-refractivity contribution >= 4 is 33.1 Å². The lowest BCUT2D eigenvalue weighted by atomic mass is 10.1. The van der Waals surface area contributed by atoms with Gasteiger partial charge in [-0.05, 0) is 53.3 Å². The van der Waals surface area contributed by atoms with E-state index in [-0.39, 0.29) is 0 Å². The van der Waals surface area contributed by atoms with Crippen LogP contribution >= 0.6 is 11.6 Å². The van der Waals surface area contributed by atoms with Crippen molar-refractivity contribution in [3.63, 3.8) is 0 Å². The van der Waals surface area contributed by atoms with E-state index in [0.29, 0.717) is 5.75 Å². The van der Waals surface area contributed by atoms with E-state index in [0.717, 1.165) is 26.9 Å². The molecule has 4 rings (SSSR count). The fourth-order valence-electron chi connectivity index (χ4n) is 2.68. The van der Waals surface area contributed by atoms with Crippen LogP contribution in [0.2, 0.25) is 5.02 Å². The Morgan fingerprint density at radius 1 is 0.607 bits per heavy atom. The molecule has 0 radical (unpaired) electrons. The number of phenolic OH excluding ortho intramolecular Hbond substituents is 1. The molecule has 0 spiro atoms. The Morgan fingerprint density at radius 2 is 1.11 bits per heavy atom. The van der Waals surface area contributed by atoms with E-state index in [2.05, 4.69) is 12.1 Å². The van der Waals surface area contributed by atoms with E-state index in [1.54, 1.807) is 6.07 Å². The van der Waals surface area contributed by atoms with Gasteiger partial charge in [0.1, 0.15) is 5.75 Å². The number of rotatable bonds is 0. The summed E-state index contributed by atoms with van der Waals surface area (Å²) in [5.74, 6) is 0.369. The van der Waals surface area contributed by atoms with Gasteiger partial charge in [-0.1, -0.05) is 100.0 Å². The standard InChI is InChI=1S/C11H9Cl.C11H10O.2C2H6/c1-8-6-7-9-4-2-3-5-10(9)11(8)12;1-8-6-9-4-2-3-5-10(9)7-11(8)12;2*1-2/h2-7H,1H3;2-7,12H,1H3;2*1-2H3. The number of halogens is 1. The summed E-state index contributed by atoms with van der Waals surface area (Å²) in [6.07, 6.45) is 0. The van der Waals surface area contributed by atoms with Gasteiger partial charge in [0, 0.05) is 5.39 Å². The number of aromatic hydroxyl groups is 1. The molecule has 0 aliphatic carbocycles.